The van der Waals surface area contributed by atoms with E-state index in [0.29, 0.717) is 18.3 Å². The van der Waals surface area contributed by atoms with E-state index in [1.807, 2.05) is 11.3 Å². The van der Waals surface area contributed by atoms with Gasteiger partial charge in [-0.25, -0.2) is 0 Å². The van der Waals surface area contributed by atoms with Gasteiger partial charge in [0.25, 0.3) is 0 Å². The summed E-state index contributed by atoms with van der Waals surface area (Å²) < 4.78 is 0. The van der Waals surface area contributed by atoms with Crippen molar-refractivity contribution in [3.8, 4) is 0 Å². The zero-order valence-corrected chi connectivity index (χ0v) is 14.3. The number of hydrogen-bond donors (Lipinski definition) is 2. The molecular formula is C17H28N2OS. The molecule has 1 aliphatic heterocycles. The topological polar surface area (TPSA) is 41.1 Å². The van der Waals surface area contributed by atoms with Crippen molar-refractivity contribution in [2.24, 2.45) is 11.8 Å². The lowest BCUT2D eigenvalue weighted by Crippen LogP contribution is -2.37. The van der Waals surface area contributed by atoms with E-state index in [0.717, 1.165) is 19.5 Å². The van der Waals surface area contributed by atoms with Gasteiger partial charge in [-0.15, -0.1) is 11.3 Å². The van der Waals surface area contributed by atoms with Crippen LogP contribution in [0.3, 0.4) is 0 Å². The Hall–Kier alpha value is -0.870. The van der Waals surface area contributed by atoms with Crippen molar-refractivity contribution in [3.63, 3.8) is 0 Å². The molecule has 3 nitrogen and oxygen atoms in total. The Morgan fingerprint density at radius 2 is 2.10 bits per heavy atom. The molecule has 0 saturated carbocycles. The van der Waals surface area contributed by atoms with Crippen LogP contribution in [0.5, 0.6) is 0 Å². The summed E-state index contributed by atoms with van der Waals surface area (Å²) >= 11 is 1.82. The number of piperidine rings is 1. The average molecular weight is 308 g/mol. The van der Waals surface area contributed by atoms with Gasteiger partial charge in [-0.05, 0) is 63.7 Å². The molecule has 1 amide bonds. The third-order valence-electron chi connectivity index (χ3n) is 4.41. The van der Waals surface area contributed by atoms with Gasteiger partial charge in [-0.3, -0.25) is 4.79 Å². The van der Waals surface area contributed by atoms with E-state index in [4.69, 9.17) is 0 Å². The van der Waals surface area contributed by atoms with Crippen LogP contribution in [0.25, 0.3) is 0 Å². The highest BCUT2D eigenvalue weighted by Gasteiger charge is 2.22. The normalized spacial score (nSPS) is 19.2. The van der Waals surface area contributed by atoms with E-state index in [1.165, 1.54) is 22.6 Å². The van der Waals surface area contributed by atoms with Gasteiger partial charge in [0.2, 0.25) is 5.91 Å². The molecule has 0 bridgehead atoms. The van der Waals surface area contributed by atoms with Crippen LogP contribution in [0.4, 0.5) is 0 Å². The first-order chi connectivity index (χ1) is 10.0. The third kappa shape index (κ3) is 5.44. The van der Waals surface area contributed by atoms with Crippen LogP contribution in [-0.2, 0) is 11.2 Å². The van der Waals surface area contributed by atoms with Crippen LogP contribution in [0.15, 0.2) is 12.1 Å². The zero-order chi connectivity index (χ0) is 15.2. The molecule has 2 atom stereocenters. The molecule has 0 aromatic carbocycles. The van der Waals surface area contributed by atoms with Crippen LogP contribution >= 0.6 is 11.3 Å². The highest BCUT2D eigenvalue weighted by Crippen LogP contribution is 2.24. The Labute approximate surface area is 132 Å². The van der Waals surface area contributed by atoms with E-state index in [-0.39, 0.29) is 11.9 Å². The molecule has 4 heteroatoms. The lowest BCUT2D eigenvalue weighted by atomic mass is 9.84. The monoisotopic (exact) mass is 308 g/mol. The van der Waals surface area contributed by atoms with Gasteiger partial charge in [0, 0.05) is 28.6 Å². The average Bonchev–Trinajstić information content (AvgIpc) is 2.84. The Bertz CT molecular complexity index is 451. The molecule has 21 heavy (non-hydrogen) atoms. The summed E-state index contributed by atoms with van der Waals surface area (Å²) in [5.41, 5.74) is 0. The lowest BCUT2D eigenvalue weighted by Gasteiger charge is -2.28. The van der Waals surface area contributed by atoms with Gasteiger partial charge in [0.1, 0.15) is 0 Å². The molecular weight excluding hydrogens is 280 g/mol. The fourth-order valence-corrected chi connectivity index (χ4v) is 4.17. The lowest BCUT2D eigenvalue weighted by molar-refractivity contribution is -0.122. The zero-order valence-electron chi connectivity index (χ0n) is 13.4. The fraction of sp³-hybridized carbons (Fsp3) is 0.706. The van der Waals surface area contributed by atoms with Crippen LogP contribution in [0.2, 0.25) is 0 Å². The highest BCUT2D eigenvalue weighted by molar-refractivity contribution is 7.11. The molecule has 118 valence electrons. The van der Waals surface area contributed by atoms with Crippen molar-refractivity contribution in [1.82, 2.24) is 10.6 Å². The van der Waals surface area contributed by atoms with Crippen molar-refractivity contribution in [2.75, 3.05) is 13.1 Å². The van der Waals surface area contributed by atoms with Gasteiger partial charge in [-0.1, -0.05) is 6.92 Å². The van der Waals surface area contributed by atoms with Crippen LogP contribution in [-0.4, -0.2) is 25.0 Å². The Morgan fingerprint density at radius 3 is 2.71 bits per heavy atom. The smallest absolute Gasteiger partial charge is 0.220 e. The first-order valence-corrected chi connectivity index (χ1v) is 8.91. The summed E-state index contributed by atoms with van der Waals surface area (Å²) in [5, 5.41) is 6.54. The molecule has 1 fully saturated rings. The predicted molar refractivity (Wildman–Crippen MR) is 89.7 cm³/mol. The Balaban J connectivity index is 1.72. The summed E-state index contributed by atoms with van der Waals surface area (Å²) in [7, 11) is 0. The SMILES string of the molecule is Cc1ccc(CC(C)NC(=O)CC(C)C2CCNCC2)s1. The number of rotatable bonds is 6. The standard InChI is InChI=1S/C17H28N2OS/c1-12(15-6-8-18-9-7-15)10-17(20)19-13(2)11-16-5-4-14(3)21-16/h4-5,12-13,15,18H,6-11H2,1-3H3,(H,19,20). The Morgan fingerprint density at radius 1 is 1.38 bits per heavy atom. The van der Waals surface area contributed by atoms with Gasteiger partial charge in [0.05, 0.1) is 0 Å². The third-order valence-corrected chi connectivity index (χ3v) is 5.43. The summed E-state index contributed by atoms with van der Waals surface area (Å²) in [6, 6.07) is 4.53. The molecule has 0 aliphatic carbocycles. The molecule has 1 aromatic heterocycles. The maximum Gasteiger partial charge on any atom is 0.220 e. The van der Waals surface area contributed by atoms with E-state index in [2.05, 4.69) is 43.5 Å². The first kappa shape index (κ1) is 16.5. The molecule has 2 N–H and O–H groups in total. The fourth-order valence-electron chi connectivity index (χ4n) is 3.15. The number of carbonyl (C=O) groups is 1. The van der Waals surface area contributed by atoms with E-state index in [1.54, 1.807) is 0 Å². The Kier molecular flexibility index (Phi) is 6.24. The van der Waals surface area contributed by atoms with Gasteiger partial charge in [0.15, 0.2) is 0 Å². The second kappa shape index (κ2) is 7.95. The molecule has 0 spiro atoms. The quantitative estimate of drug-likeness (QED) is 0.848. The van der Waals surface area contributed by atoms with Gasteiger partial charge < -0.3 is 10.6 Å². The number of nitrogens with one attached hydrogen (secondary N) is 2. The molecule has 1 aliphatic rings. The molecule has 0 radical (unpaired) electrons. The van der Waals surface area contributed by atoms with Crippen LogP contribution in [0, 0.1) is 18.8 Å². The van der Waals surface area contributed by atoms with Crippen molar-refractivity contribution >= 4 is 17.2 Å². The van der Waals surface area contributed by atoms with E-state index < -0.39 is 0 Å². The van der Waals surface area contributed by atoms with E-state index in [9.17, 15) is 4.79 Å². The molecule has 2 rings (SSSR count). The molecule has 1 saturated heterocycles. The maximum atomic E-state index is 12.2. The summed E-state index contributed by atoms with van der Waals surface area (Å²) in [6.07, 6.45) is 4.02. The predicted octanol–water partition coefficient (Wildman–Crippen LogP) is 3.13. The summed E-state index contributed by atoms with van der Waals surface area (Å²) in [5.74, 6) is 1.40. The summed E-state index contributed by atoms with van der Waals surface area (Å²) in [6.45, 7) is 8.65. The van der Waals surface area contributed by atoms with Gasteiger partial charge in [-0.2, -0.15) is 0 Å². The first-order valence-electron chi connectivity index (χ1n) is 8.10. The molecule has 1 aromatic rings. The van der Waals surface area contributed by atoms with Crippen molar-refractivity contribution in [1.29, 1.82) is 0 Å². The van der Waals surface area contributed by atoms with Crippen molar-refractivity contribution in [3.05, 3.63) is 21.9 Å². The second-order valence-electron chi connectivity index (χ2n) is 6.45. The minimum atomic E-state index is 0.210. The van der Waals surface area contributed by atoms with Crippen LogP contribution in [0.1, 0.15) is 42.9 Å². The number of hydrogen-bond acceptors (Lipinski definition) is 3. The van der Waals surface area contributed by atoms with Crippen molar-refractivity contribution < 1.29 is 4.79 Å². The molecule has 2 unspecified atom stereocenters. The molecule has 2 heterocycles. The van der Waals surface area contributed by atoms with E-state index >= 15 is 0 Å². The maximum absolute atomic E-state index is 12.2. The summed E-state index contributed by atoms with van der Waals surface area (Å²) in [4.78, 5) is 14.9. The van der Waals surface area contributed by atoms with Crippen molar-refractivity contribution in [2.45, 2.75) is 52.5 Å². The highest BCUT2D eigenvalue weighted by atomic mass is 32.1. The minimum absolute atomic E-state index is 0.210. The number of amides is 1. The largest absolute Gasteiger partial charge is 0.353 e. The second-order valence-corrected chi connectivity index (χ2v) is 7.83. The minimum Gasteiger partial charge on any atom is -0.353 e. The van der Waals surface area contributed by atoms with Crippen LogP contribution < -0.4 is 10.6 Å². The number of aryl methyl sites for hydroxylation is 1. The van der Waals surface area contributed by atoms with Gasteiger partial charge >= 0.3 is 0 Å². The number of carbonyl (C=O) groups excluding carboxylic acids is 1. The number of thiophene rings is 1.